The third-order valence-electron chi connectivity index (χ3n) is 4.63. The van der Waals surface area contributed by atoms with Crippen molar-refractivity contribution in [3.63, 3.8) is 0 Å². The summed E-state index contributed by atoms with van der Waals surface area (Å²) in [6.07, 6.45) is -78.1. The van der Waals surface area contributed by atoms with Gasteiger partial charge in [-0.2, -0.15) is 132 Å². The summed E-state index contributed by atoms with van der Waals surface area (Å²) in [6.45, 7) is 0. The average Bonchev–Trinajstić information content (AvgIpc) is 2.78. The standard InChI is InChI=1S/C15F30O5/c16-1(46)2(17,7(23,24)25)47-13(40,41)4(20,9(29,30)31)49-15(44,45)6(22,11(35,36)37)50-14(42,43)5(21,10(32,33)34)48-12(38,39)3(18,19)8(26,27)28/t2-,4+,5+,6+/m1/s1. The van der Waals surface area contributed by atoms with E-state index in [2.05, 4.69) is 0 Å². The molecule has 0 N–H and O–H groups in total. The van der Waals surface area contributed by atoms with E-state index >= 15 is 0 Å². The summed E-state index contributed by atoms with van der Waals surface area (Å²) in [5.41, 5.74) is 0. The van der Waals surface area contributed by atoms with Gasteiger partial charge in [0.1, 0.15) is 0 Å². The van der Waals surface area contributed by atoms with Crippen molar-refractivity contribution in [1.82, 2.24) is 0 Å². The number of hydrogen-bond donors (Lipinski definition) is 0. The zero-order valence-corrected chi connectivity index (χ0v) is 20.9. The minimum atomic E-state index is -9.29. The van der Waals surface area contributed by atoms with Crippen molar-refractivity contribution < 1.29 is 155 Å². The number of carbonyl (C=O) groups excluding carboxylic acids is 1. The molecular weight excluding hydrogens is 830 g/mol. The van der Waals surface area contributed by atoms with Crippen LogP contribution >= 0.6 is 0 Å². The molecule has 35 heteroatoms. The van der Waals surface area contributed by atoms with Crippen molar-refractivity contribution in [1.29, 1.82) is 0 Å². The van der Waals surface area contributed by atoms with E-state index in [0.717, 1.165) is 18.9 Å². The first-order valence-corrected chi connectivity index (χ1v) is 10.0. The van der Waals surface area contributed by atoms with Crippen LogP contribution in [0.1, 0.15) is 0 Å². The first kappa shape index (κ1) is 47.4. The van der Waals surface area contributed by atoms with Crippen LogP contribution in [0.25, 0.3) is 0 Å². The number of ether oxygens (including phenoxy) is 4. The topological polar surface area (TPSA) is 54.0 Å². The molecule has 0 radical (unpaired) electrons. The van der Waals surface area contributed by atoms with Crippen LogP contribution in [-0.2, 0) is 23.7 Å². The van der Waals surface area contributed by atoms with Gasteiger partial charge in [0.2, 0.25) is 0 Å². The normalized spacial score (nSPS) is 20.4. The number of carbonyl (C=O) groups is 1. The molecule has 0 aliphatic heterocycles. The van der Waals surface area contributed by atoms with E-state index in [1.54, 1.807) is 0 Å². The third-order valence-corrected chi connectivity index (χ3v) is 4.63. The lowest BCUT2D eigenvalue weighted by molar-refractivity contribution is -0.592. The smallest absolute Gasteiger partial charge is 0.263 e. The van der Waals surface area contributed by atoms with Crippen LogP contribution < -0.4 is 0 Å². The van der Waals surface area contributed by atoms with Gasteiger partial charge in [0.25, 0.3) is 0 Å². The van der Waals surface area contributed by atoms with E-state index in [-0.39, 0.29) is 0 Å². The van der Waals surface area contributed by atoms with Crippen LogP contribution in [0.5, 0.6) is 0 Å². The SMILES string of the molecule is O=C(F)[C@@](F)(OC(F)(F)[C@@](F)(OC(F)(F)[C@@](F)(OC(F)(F)[C@@](F)(OC(F)(F)C(F)(F)C(F)(F)F)C(F)(F)F)C(F)(F)F)C(F)(F)F)C(F)(F)F. The van der Waals surface area contributed by atoms with Crippen molar-refractivity contribution in [2.75, 3.05) is 0 Å². The van der Waals surface area contributed by atoms with Gasteiger partial charge >= 0.3 is 90.7 Å². The van der Waals surface area contributed by atoms with E-state index in [9.17, 15) is 137 Å². The highest BCUT2D eigenvalue weighted by atomic mass is 19.4. The Morgan fingerprint density at radius 1 is 0.300 bits per heavy atom. The quantitative estimate of drug-likeness (QED) is 0.137. The molecule has 4 atom stereocenters. The molecule has 0 fully saturated rings. The molecule has 0 amide bonds. The van der Waals surface area contributed by atoms with Crippen LogP contribution in [0, 0.1) is 0 Å². The maximum absolute atomic E-state index is 14.3. The second-order valence-corrected chi connectivity index (χ2v) is 8.19. The minimum absolute atomic E-state index is 0.788. The lowest BCUT2D eigenvalue weighted by atomic mass is 10.2. The molecule has 5 nitrogen and oxygen atoms in total. The summed E-state index contributed by atoms with van der Waals surface area (Å²) in [4.78, 5) is 10.1. The van der Waals surface area contributed by atoms with E-state index in [1.807, 2.05) is 0 Å². The molecule has 0 aromatic heterocycles. The molecule has 0 aromatic rings. The van der Waals surface area contributed by atoms with Crippen molar-refractivity contribution in [2.45, 2.75) is 84.7 Å². The van der Waals surface area contributed by atoms with Crippen molar-refractivity contribution in [2.24, 2.45) is 0 Å². The summed E-state index contributed by atoms with van der Waals surface area (Å²) >= 11 is 0. The first-order chi connectivity index (χ1) is 21.0. The van der Waals surface area contributed by atoms with E-state index in [1.165, 1.54) is 0 Å². The molecule has 0 saturated heterocycles. The fraction of sp³-hybridized carbons (Fsp3) is 0.933. The van der Waals surface area contributed by atoms with Gasteiger partial charge in [0.15, 0.2) is 0 Å². The monoisotopic (exact) mass is 830 g/mol. The van der Waals surface area contributed by atoms with Crippen molar-refractivity contribution >= 4 is 6.04 Å². The summed E-state index contributed by atoms with van der Waals surface area (Å²) in [5.74, 6) is -43.6. The Morgan fingerprint density at radius 3 is 0.700 bits per heavy atom. The molecule has 0 rings (SSSR count). The number of halogens is 30. The van der Waals surface area contributed by atoms with Gasteiger partial charge in [-0.1, -0.05) is 0 Å². The lowest BCUT2D eigenvalue weighted by Gasteiger charge is -2.43. The van der Waals surface area contributed by atoms with Gasteiger partial charge in [-0.05, 0) is 0 Å². The fourth-order valence-corrected chi connectivity index (χ4v) is 2.19. The zero-order chi connectivity index (χ0) is 41.4. The van der Waals surface area contributed by atoms with Crippen LogP contribution in [-0.4, -0.2) is 90.7 Å². The molecule has 0 bridgehead atoms. The maximum Gasteiger partial charge on any atom is 0.462 e. The second-order valence-electron chi connectivity index (χ2n) is 8.19. The molecule has 0 aliphatic carbocycles. The molecule has 300 valence electrons. The number of hydrogen-bond acceptors (Lipinski definition) is 5. The number of rotatable bonds is 13. The Balaban J connectivity index is 7.69. The Hall–Kier alpha value is -2.59. The Kier molecular flexibility index (Phi) is 11.6. The van der Waals surface area contributed by atoms with Gasteiger partial charge in [0, 0.05) is 0 Å². The maximum atomic E-state index is 14.3. The molecule has 0 unspecified atom stereocenters. The van der Waals surface area contributed by atoms with E-state index < -0.39 is 90.7 Å². The predicted molar refractivity (Wildman–Crippen MR) is 80.8 cm³/mol. The Bertz CT molecular complexity index is 1230. The summed E-state index contributed by atoms with van der Waals surface area (Å²) in [7, 11) is 0. The second kappa shape index (κ2) is 12.2. The highest BCUT2D eigenvalue weighted by Gasteiger charge is 2.90. The fourth-order valence-electron chi connectivity index (χ4n) is 2.19. The molecule has 0 spiro atoms. The largest absolute Gasteiger partial charge is 0.462 e. The predicted octanol–water partition coefficient (Wildman–Crippen LogP) is 9.03. The highest BCUT2D eigenvalue weighted by molar-refractivity contribution is 5.77. The molecule has 0 heterocycles. The average molecular weight is 830 g/mol. The third kappa shape index (κ3) is 7.62. The van der Waals surface area contributed by atoms with Gasteiger partial charge in [0.05, 0.1) is 0 Å². The first-order valence-electron chi connectivity index (χ1n) is 10.0. The molecule has 0 saturated carbocycles. The van der Waals surface area contributed by atoms with Crippen molar-refractivity contribution in [3.8, 4) is 0 Å². The molecule has 0 aromatic carbocycles. The summed E-state index contributed by atoms with van der Waals surface area (Å²) < 4.78 is 397. The summed E-state index contributed by atoms with van der Waals surface area (Å²) in [5, 5.41) is 0. The number of alkyl halides is 29. The van der Waals surface area contributed by atoms with Crippen molar-refractivity contribution in [3.05, 3.63) is 0 Å². The minimum Gasteiger partial charge on any atom is -0.263 e. The highest BCUT2D eigenvalue weighted by Crippen LogP contribution is 2.61. The van der Waals surface area contributed by atoms with Gasteiger partial charge in [-0.3, -0.25) is 23.7 Å². The van der Waals surface area contributed by atoms with Gasteiger partial charge in [-0.25, -0.2) is 0 Å². The van der Waals surface area contributed by atoms with Gasteiger partial charge < -0.3 is 0 Å². The lowest BCUT2D eigenvalue weighted by Crippen LogP contribution is -2.72. The van der Waals surface area contributed by atoms with Crippen LogP contribution in [0.3, 0.4) is 0 Å². The Morgan fingerprint density at radius 2 is 0.520 bits per heavy atom. The van der Waals surface area contributed by atoms with E-state index in [4.69, 9.17) is 0 Å². The molecule has 50 heavy (non-hydrogen) atoms. The van der Waals surface area contributed by atoms with Crippen LogP contribution in [0.15, 0.2) is 0 Å². The molecule has 0 aliphatic rings. The van der Waals surface area contributed by atoms with Gasteiger partial charge in [-0.15, -0.1) is 0 Å². The van der Waals surface area contributed by atoms with E-state index in [0.29, 0.717) is 0 Å². The van der Waals surface area contributed by atoms with Crippen LogP contribution in [0.2, 0.25) is 0 Å². The zero-order valence-electron chi connectivity index (χ0n) is 20.9. The summed E-state index contributed by atoms with van der Waals surface area (Å²) in [6, 6.07) is -5.18. The Labute approximate surface area is 247 Å². The molecular formula is C15F30O5. The van der Waals surface area contributed by atoms with Crippen LogP contribution in [0.4, 0.5) is 132 Å².